The molecule has 0 saturated heterocycles. The molecular formula is C19H19Cl2NO3. The molecule has 0 aliphatic carbocycles. The largest absolute Gasteiger partial charge is 0.449 e. The Balaban J connectivity index is 2.00. The lowest BCUT2D eigenvalue weighted by Crippen LogP contribution is -2.37. The van der Waals surface area contributed by atoms with Gasteiger partial charge in [-0.1, -0.05) is 47.5 Å². The second-order valence-corrected chi connectivity index (χ2v) is 6.60. The fraction of sp³-hybridized carbons (Fsp3) is 0.263. The van der Waals surface area contributed by atoms with Crippen LogP contribution in [0.3, 0.4) is 0 Å². The zero-order valence-corrected chi connectivity index (χ0v) is 15.7. The molecule has 0 bridgehead atoms. The lowest BCUT2D eigenvalue weighted by Gasteiger charge is -2.19. The molecule has 4 nitrogen and oxygen atoms in total. The van der Waals surface area contributed by atoms with Gasteiger partial charge >= 0.3 is 5.97 Å². The SMILES string of the molecule is Cc1ccccc1C(=O)O[C@@H](C)C(=O)N[C@H](C)c1ccc(Cl)cc1Cl. The van der Waals surface area contributed by atoms with Gasteiger partial charge < -0.3 is 10.1 Å². The third kappa shape index (κ3) is 4.97. The molecule has 0 saturated carbocycles. The van der Waals surface area contributed by atoms with Gasteiger partial charge in [0.25, 0.3) is 5.91 Å². The Hall–Kier alpha value is -2.04. The average molecular weight is 380 g/mol. The summed E-state index contributed by atoms with van der Waals surface area (Å²) in [6.45, 7) is 5.14. The Kier molecular flexibility index (Phi) is 6.45. The summed E-state index contributed by atoms with van der Waals surface area (Å²) < 4.78 is 5.26. The van der Waals surface area contributed by atoms with Gasteiger partial charge in [-0.3, -0.25) is 4.79 Å². The molecule has 0 spiro atoms. The summed E-state index contributed by atoms with van der Waals surface area (Å²) in [6, 6.07) is 11.8. The van der Waals surface area contributed by atoms with Gasteiger partial charge in [0.2, 0.25) is 0 Å². The summed E-state index contributed by atoms with van der Waals surface area (Å²) in [4.78, 5) is 24.5. The van der Waals surface area contributed by atoms with Crippen molar-refractivity contribution in [1.29, 1.82) is 0 Å². The highest BCUT2D eigenvalue weighted by Crippen LogP contribution is 2.26. The van der Waals surface area contributed by atoms with Crippen LogP contribution in [-0.4, -0.2) is 18.0 Å². The Labute approximate surface area is 157 Å². The second-order valence-electron chi connectivity index (χ2n) is 5.76. The van der Waals surface area contributed by atoms with E-state index in [0.717, 1.165) is 11.1 Å². The van der Waals surface area contributed by atoms with Crippen LogP contribution in [0.1, 0.15) is 41.4 Å². The molecule has 25 heavy (non-hydrogen) atoms. The van der Waals surface area contributed by atoms with Gasteiger partial charge in [0, 0.05) is 10.0 Å². The highest BCUT2D eigenvalue weighted by Gasteiger charge is 2.22. The van der Waals surface area contributed by atoms with Crippen molar-refractivity contribution in [2.75, 3.05) is 0 Å². The number of carbonyl (C=O) groups is 2. The molecule has 0 unspecified atom stereocenters. The maximum atomic E-state index is 12.3. The van der Waals surface area contributed by atoms with Crippen molar-refractivity contribution in [2.45, 2.75) is 32.9 Å². The highest BCUT2D eigenvalue weighted by molar-refractivity contribution is 6.35. The smallest absolute Gasteiger partial charge is 0.339 e. The third-order valence-corrected chi connectivity index (χ3v) is 4.37. The number of amides is 1. The average Bonchev–Trinajstić information content (AvgIpc) is 2.54. The van der Waals surface area contributed by atoms with Crippen LogP contribution < -0.4 is 5.32 Å². The van der Waals surface area contributed by atoms with E-state index in [4.69, 9.17) is 27.9 Å². The van der Waals surface area contributed by atoms with Gasteiger partial charge in [-0.15, -0.1) is 0 Å². The first-order chi connectivity index (χ1) is 11.8. The number of halogens is 2. The molecule has 2 aromatic rings. The number of nitrogens with one attached hydrogen (secondary N) is 1. The molecule has 0 aliphatic rings. The van der Waals surface area contributed by atoms with E-state index in [0.29, 0.717) is 15.6 Å². The lowest BCUT2D eigenvalue weighted by atomic mass is 10.1. The molecule has 0 aliphatic heterocycles. The maximum Gasteiger partial charge on any atom is 0.339 e. The van der Waals surface area contributed by atoms with Crippen molar-refractivity contribution < 1.29 is 14.3 Å². The first-order valence-electron chi connectivity index (χ1n) is 7.81. The van der Waals surface area contributed by atoms with Crippen LogP contribution in [0.15, 0.2) is 42.5 Å². The van der Waals surface area contributed by atoms with E-state index < -0.39 is 18.0 Å². The predicted octanol–water partition coefficient (Wildman–Crippen LogP) is 4.72. The minimum atomic E-state index is -0.930. The summed E-state index contributed by atoms with van der Waals surface area (Å²) in [6.07, 6.45) is -0.930. The zero-order chi connectivity index (χ0) is 18.6. The molecule has 1 N–H and O–H groups in total. The van der Waals surface area contributed by atoms with Gasteiger partial charge in [0.1, 0.15) is 0 Å². The van der Waals surface area contributed by atoms with E-state index in [1.807, 2.05) is 19.1 Å². The van der Waals surface area contributed by atoms with E-state index in [1.54, 1.807) is 37.3 Å². The summed E-state index contributed by atoms with van der Waals surface area (Å²) in [5.41, 5.74) is 1.97. The van der Waals surface area contributed by atoms with E-state index in [1.165, 1.54) is 6.92 Å². The van der Waals surface area contributed by atoms with Crippen molar-refractivity contribution in [1.82, 2.24) is 5.32 Å². The van der Waals surface area contributed by atoms with Gasteiger partial charge in [0.05, 0.1) is 11.6 Å². The summed E-state index contributed by atoms with van der Waals surface area (Å²) in [7, 11) is 0. The van der Waals surface area contributed by atoms with Crippen LogP contribution in [-0.2, 0) is 9.53 Å². The number of hydrogen-bond acceptors (Lipinski definition) is 3. The highest BCUT2D eigenvalue weighted by atomic mass is 35.5. The molecule has 2 rings (SSSR count). The zero-order valence-electron chi connectivity index (χ0n) is 14.2. The molecule has 6 heteroatoms. The Morgan fingerprint density at radius 2 is 1.76 bits per heavy atom. The number of hydrogen-bond donors (Lipinski definition) is 1. The summed E-state index contributed by atoms with van der Waals surface area (Å²) in [5.74, 6) is -0.932. The number of benzene rings is 2. The van der Waals surface area contributed by atoms with Crippen LogP contribution in [0, 0.1) is 6.92 Å². The van der Waals surface area contributed by atoms with Crippen LogP contribution in [0.5, 0.6) is 0 Å². The molecule has 2 atom stereocenters. The number of aryl methyl sites for hydroxylation is 1. The van der Waals surface area contributed by atoms with Gasteiger partial charge in [-0.2, -0.15) is 0 Å². The molecule has 2 aromatic carbocycles. The van der Waals surface area contributed by atoms with Gasteiger partial charge in [0.15, 0.2) is 6.10 Å². The van der Waals surface area contributed by atoms with E-state index in [-0.39, 0.29) is 6.04 Å². The van der Waals surface area contributed by atoms with Crippen LogP contribution in [0.25, 0.3) is 0 Å². The predicted molar refractivity (Wildman–Crippen MR) is 99.1 cm³/mol. The molecule has 1 amide bonds. The van der Waals surface area contributed by atoms with Crippen molar-refractivity contribution in [3.63, 3.8) is 0 Å². The molecule has 0 radical (unpaired) electrons. The van der Waals surface area contributed by atoms with Crippen LogP contribution in [0.4, 0.5) is 0 Å². The molecule has 0 fully saturated rings. The van der Waals surface area contributed by atoms with Gasteiger partial charge in [-0.25, -0.2) is 4.79 Å². The number of esters is 1. The Bertz CT molecular complexity index is 792. The van der Waals surface area contributed by atoms with Crippen LogP contribution in [0.2, 0.25) is 10.0 Å². The van der Waals surface area contributed by atoms with Crippen molar-refractivity contribution in [3.8, 4) is 0 Å². The van der Waals surface area contributed by atoms with Gasteiger partial charge in [-0.05, 0) is 50.1 Å². The molecule has 0 heterocycles. The molecule has 132 valence electrons. The Morgan fingerprint density at radius 1 is 1.08 bits per heavy atom. The Morgan fingerprint density at radius 3 is 2.40 bits per heavy atom. The number of rotatable bonds is 5. The van der Waals surface area contributed by atoms with E-state index >= 15 is 0 Å². The standard InChI is InChI=1S/C19H19Cl2NO3/c1-11-6-4-5-7-15(11)19(24)25-13(3)18(23)22-12(2)16-9-8-14(20)10-17(16)21/h4-10,12-13H,1-3H3,(H,22,23)/t12-,13+/m1/s1. The first-order valence-corrected chi connectivity index (χ1v) is 8.57. The molecule has 0 aromatic heterocycles. The topological polar surface area (TPSA) is 55.4 Å². The summed E-state index contributed by atoms with van der Waals surface area (Å²) in [5, 5.41) is 3.77. The second kappa shape index (κ2) is 8.37. The van der Waals surface area contributed by atoms with E-state index in [9.17, 15) is 9.59 Å². The van der Waals surface area contributed by atoms with Crippen LogP contribution >= 0.6 is 23.2 Å². The quantitative estimate of drug-likeness (QED) is 0.764. The number of carbonyl (C=O) groups excluding carboxylic acids is 2. The number of ether oxygens (including phenoxy) is 1. The van der Waals surface area contributed by atoms with Crippen molar-refractivity contribution >= 4 is 35.1 Å². The monoisotopic (exact) mass is 379 g/mol. The minimum Gasteiger partial charge on any atom is -0.449 e. The normalized spacial score (nSPS) is 13.0. The van der Waals surface area contributed by atoms with Crippen molar-refractivity contribution in [3.05, 3.63) is 69.2 Å². The van der Waals surface area contributed by atoms with Crippen molar-refractivity contribution in [2.24, 2.45) is 0 Å². The third-order valence-electron chi connectivity index (χ3n) is 3.81. The van der Waals surface area contributed by atoms with E-state index in [2.05, 4.69) is 5.32 Å². The first kappa shape index (κ1) is 19.3. The molecular weight excluding hydrogens is 361 g/mol. The minimum absolute atomic E-state index is 0.350. The maximum absolute atomic E-state index is 12.3. The fourth-order valence-electron chi connectivity index (χ4n) is 2.34. The lowest BCUT2D eigenvalue weighted by molar-refractivity contribution is -0.129. The summed E-state index contributed by atoms with van der Waals surface area (Å²) >= 11 is 12.0. The fourth-order valence-corrected chi connectivity index (χ4v) is 2.91.